The van der Waals surface area contributed by atoms with Crippen LogP contribution in [-0.2, 0) is 0 Å². The van der Waals surface area contributed by atoms with Gasteiger partial charge in [0, 0.05) is 12.6 Å². The zero-order chi connectivity index (χ0) is 4.62. The number of nitrogens with one attached hydrogen (secondary N) is 1. The third-order valence-corrected chi connectivity index (χ3v) is 1.43. The minimum absolute atomic E-state index is 0.431. The molecule has 1 N–H and O–H groups in total. The molecule has 0 spiro atoms. The molecule has 1 saturated carbocycles. The molecule has 1 aliphatic carbocycles. The van der Waals surface area contributed by atoms with Gasteiger partial charge in [0.05, 0.1) is 0 Å². The van der Waals surface area contributed by atoms with Crippen LogP contribution in [0.5, 0.6) is 0 Å². The molecule has 0 amide bonds. The summed E-state index contributed by atoms with van der Waals surface area (Å²) in [4.78, 5) is 0. The molecule has 1 aliphatic rings. The highest BCUT2D eigenvalue weighted by molar-refractivity contribution is 4.96. The molecule has 6 heavy (non-hydrogen) atoms. The molecule has 0 unspecified atom stereocenters. The molecule has 0 atom stereocenters. The third kappa shape index (κ3) is 0.548. The van der Waals surface area contributed by atoms with Crippen LogP contribution in [0.15, 0.2) is 0 Å². The van der Waals surface area contributed by atoms with Gasteiger partial charge in [0.15, 0.2) is 0 Å². The Kier molecular flexibility index (Phi) is 0.667. The fraction of sp³-hybridized carbons (Fsp3) is 0.800. The molecular weight excluding hydrogens is 74.1 g/mol. The van der Waals surface area contributed by atoms with Crippen LogP contribution in [0.1, 0.15) is 19.8 Å². The van der Waals surface area contributed by atoms with Crippen molar-refractivity contribution in [3.8, 4) is 0 Å². The fourth-order valence-electron chi connectivity index (χ4n) is 0.364. The topological polar surface area (TPSA) is 12.0 Å². The van der Waals surface area contributed by atoms with Crippen molar-refractivity contribution in [3.63, 3.8) is 0 Å². The summed E-state index contributed by atoms with van der Waals surface area (Å²) >= 11 is 0. The van der Waals surface area contributed by atoms with E-state index in [1.807, 2.05) is 0 Å². The van der Waals surface area contributed by atoms with Gasteiger partial charge in [-0.05, 0) is 19.8 Å². The highest BCUT2D eigenvalue weighted by Crippen LogP contribution is 2.33. The molecule has 0 heterocycles. The smallest absolute Gasteiger partial charge is 0.0155 e. The van der Waals surface area contributed by atoms with Crippen LogP contribution in [0.3, 0.4) is 0 Å². The first-order valence-corrected chi connectivity index (χ1v) is 2.31. The van der Waals surface area contributed by atoms with Gasteiger partial charge in [0.25, 0.3) is 0 Å². The van der Waals surface area contributed by atoms with E-state index in [4.69, 9.17) is 0 Å². The second-order valence-electron chi connectivity index (χ2n) is 2.24. The van der Waals surface area contributed by atoms with Gasteiger partial charge in [-0.1, -0.05) is 0 Å². The van der Waals surface area contributed by atoms with E-state index in [0.29, 0.717) is 5.54 Å². The average molecular weight is 84.1 g/mol. The lowest BCUT2D eigenvalue weighted by atomic mass is 10.3. The maximum absolute atomic E-state index is 3.57. The molecule has 1 radical (unpaired) electrons. The molecule has 1 fully saturated rings. The van der Waals surface area contributed by atoms with E-state index < -0.39 is 0 Å². The molecule has 0 aromatic carbocycles. The van der Waals surface area contributed by atoms with Crippen LogP contribution in [0, 0.1) is 7.05 Å². The molecule has 0 saturated heterocycles. The number of hydrogen-bond acceptors (Lipinski definition) is 1. The average Bonchev–Trinajstić information content (AvgIpc) is 2.22. The summed E-state index contributed by atoms with van der Waals surface area (Å²) in [5, 5.41) is 2.97. The Labute approximate surface area is 38.7 Å². The second-order valence-corrected chi connectivity index (χ2v) is 2.24. The SMILES string of the molecule is [CH2]NC1(C)CC1. The van der Waals surface area contributed by atoms with Crippen molar-refractivity contribution in [1.82, 2.24) is 5.32 Å². The van der Waals surface area contributed by atoms with Crippen LogP contribution in [-0.4, -0.2) is 5.54 Å². The summed E-state index contributed by atoms with van der Waals surface area (Å²) in [6.45, 7) is 2.18. The van der Waals surface area contributed by atoms with Gasteiger partial charge in [-0.3, -0.25) is 0 Å². The zero-order valence-electron chi connectivity index (χ0n) is 4.12. The molecule has 0 aliphatic heterocycles. The normalized spacial score (nSPS) is 27.0. The fourth-order valence-corrected chi connectivity index (χ4v) is 0.364. The summed E-state index contributed by atoms with van der Waals surface area (Å²) < 4.78 is 0. The lowest BCUT2D eigenvalue weighted by molar-refractivity contribution is 0.635. The zero-order valence-corrected chi connectivity index (χ0v) is 4.12. The van der Waals surface area contributed by atoms with E-state index in [9.17, 15) is 0 Å². The summed E-state index contributed by atoms with van der Waals surface area (Å²) in [5.74, 6) is 0. The first-order valence-electron chi connectivity index (χ1n) is 2.31. The van der Waals surface area contributed by atoms with E-state index in [2.05, 4.69) is 19.3 Å². The second kappa shape index (κ2) is 0.969. The lowest BCUT2D eigenvalue weighted by Gasteiger charge is -2.00. The summed E-state index contributed by atoms with van der Waals surface area (Å²) in [6.07, 6.45) is 2.60. The first kappa shape index (κ1) is 4.13. The van der Waals surface area contributed by atoms with E-state index in [-0.39, 0.29) is 0 Å². The standard InChI is InChI=1S/C5H10N/c1-5(6-2)3-4-5/h6H,2-4H2,1H3. The van der Waals surface area contributed by atoms with Crippen LogP contribution < -0.4 is 5.32 Å². The van der Waals surface area contributed by atoms with Crippen LogP contribution >= 0.6 is 0 Å². The molecule has 0 aromatic rings. The van der Waals surface area contributed by atoms with Crippen LogP contribution in [0.25, 0.3) is 0 Å². The Morgan fingerprint density at radius 1 is 1.67 bits per heavy atom. The quantitative estimate of drug-likeness (QED) is 0.498. The third-order valence-electron chi connectivity index (χ3n) is 1.43. The minimum atomic E-state index is 0.431. The Morgan fingerprint density at radius 3 is 2.17 bits per heavy atom. The van der Waals surface area contributed by atoms with Gasteiger partial charge in [-0.2, -0.15) is 0 Å². The number of hydrogen-bond donors (Lipinski definition) is 1. The van der Waals surface area contributed by atoms with Gasteiger partial charge in [0.2, 0.25) is 0 Å². The Bertz CT molecular complexity index is 55.0. The Morgan fingerprint density at radius 2 is 2.17 bits per heavy atom. The largest absolute Gasteiger partial charge is 0.310 e. The molecule has 0 aromatic heterocycles. The van der Waals surface area contributed by atoms with Crippen molar-refractivity contribution < 1.29 is 0 Å². The molecule has 1 rings (SSSR count). The summed E-state index contributed by atoms with van der Waals surface area (Å²) in [5.41, 5.74) is 0.431. The highest BCUT2D eigenvalue weighted by Gasteiger charge is 2.34. The summed E-state index contributed by atoms with van der Waals surface area (Å²) in [6, 6.07) is 0. The summed E-state index contributed by atoms with van der Waals surface area (Å²) in [7, 11) is 3.57. The van der Waals surface area contributed by atoms with E-state index in [1.54, 1.807) is 0 Å². The Hall–Kier alpha value is -0.0400. The van der Waals surface area contributed by atoms with Gasteiger partial charge in [-0.25, -0.2) is 0 Å². The van der Waals surface area contributed by atoms with Gasteiger partial charge >= 0.3 is 0 Å². The number of rotatable bonds is 1. The van der Waals surface area contributed by atoms with E-state index >= 15 is 0 Å². The Balaban J connectivity index is 2.28. The van der Waals surface area contributed by atoms with Gasteiger partial charge < -0.3 is 5.32 Å². The van der Waals surface area contributed by atoms with Crippen molar-refractivity contribution in [1.29, 1.82) is 0 Å². The van der Waals surface area contributed by atoms with E-state index in [0.717, 1.165) is 0 Å². The van der Waals surface area contributed by atoms with Crippen molar-refractivity contribution in [2.45, 2.75) is 25.3 Å². The van der Waals surface area contributed by atoms with E-state index in [1.165, 1.54) is 12.8 Å². The molecular formula is C5H10N. The lowest BCUT2D eigenvalue weighted by Crippen LogP contribution is -2.19. The molecule has 35 valence electrons. The van der Waals surface area contributed by atoms with Crippen molar-refractivity contribution >= 4 is 0 Å². The molecule has 1 nitrogen and oxygen atoms in total. The highest BCUT2D eigenvalue weighted by atomic mass is 15.0. The minimum Gasteiger partial charge on any atom is -0.310 e. The van der Waals surface area contributed by atoms with Gasteiger partial charge in [-0.15, -0.1) is 0 Å². The predicted octanol–water partition coefficient (Wildman–Crippen LogP) is 0.920. The van der Waals surface area contributed by atoms with Crippen LogP contribution in [0.4, 0.5) is 0 Å². The van der Waals surface area contributed by atoms with Crippen molar-refractivity contribution in [2.75, 3.05) is 0 Å². The monoisotopic (exact) mass is 84.1 g/mol. The van der Waals surface area contributed by atoms with Crippen molar-refractivity contribution in [2.24, 2.45) is 0 Å². The molecule has 1 heteroatoms. The first-order chi connectivity index (χ1) is 2.77. The van der Waals surface area contributed by atoms with Crippen LogP contribution in [0.2, 0.25) is 0 Å². The maximum atomic E-state index is 3.57. The maximum Gasteiger partial charge on any atom is 0.0155 e. The van der Waals surface area contributed by atoms with Crippen molar-refractivity contribution in [3.05, 3.63) is 7.05 Å². The predicted molar refractivity (Wildman–Crippen MR) is 26.1 cm³/mol. The van der Waals surface area contributed by atoms with Gasteiger partial charge in [0.1, 0.15) is 0 Å². The molecule has 0 bridgehead atoms.